The van der Waals surface area contributed by atoms with Crippen LogP contribution in [0.25, 0.3) is 16.9 Å². The van der Waals surface area contributed by atoms with Gasteiger partial charge in [0.1, 0.15) is 17.5 Å². The predicted molar refractivity (Wildman–Crippen MR) is 91.8 cm³/mol. The zero-order valence-electron chi connectivity index (χ0n) is 12.3. The van der Waals surface area contributed by atoms with Crippen LogP contribution in [-0.4, -0.2) is 34.0 Å². The number of benzene rings is 1. The molecule has 3 aromatic rings. The second-order valence-corrected chi connectivity index (χ2v) is 6.25. The standard InChI is InChI=1S/C17H15BrN4O/c18-16-11-22(21-17(16)12-5-7-19-8-6-12)13-1-3-14(4-2-13)23-15-9-20-10-15/h1-8,11,15,20H,9-10H2. The summed E-state index contributed by atoms with van der Waals surface area (Å²) in [5, 5.41) is 7.85. The first-order chi connectivity index (χ1) is 11.3. The average molecular weight is 371 g/mol. The molecule has 6 heteroatoms. The van der Waals surface area contributed by atoms with Crippen LogP contribution < -0.4 is 10.1 Å². The summed E-state index contributed by atoms with van der Waals surface area (Å²) in [4.78, 5) is 4.04. The van der Waals surface area contributed by atoms with Crippen LogP contribution in [0.4, 0.5) is 0 Å². The molecular weight excluding hydrogens is 356 g/mol. The minimum atomic E-state index is 0.290. The molecule has 0 saturated carbocycles. The summed E-state index contributed by atoms with van der Waals surface area (Å²) in [6.07, 6.45) is 5.78. The third kappa shape index (κ3) is 3.00. The summed E-state index contributed by atoms with van der Waals surface area (Å²) >= 11 is 3.58. The zero-order chi connectivity index (χ0) is 15.6. The molecule has 23 heavy (non-hydrogen) atoms. The van der Waals surface area contributed by atoms with E-state index in [-0.39, 0.29) is 6.10 Å². The van der Waals surface area contributed by atoms with Gasteiger partial charge in [-0.1, -0.05) is 0 Å². The molecule has 0 radical (unpaired) electrons. The van der Waals surface area contributed by atoms with E-state index in [0.717, 1.165) is 40.3 Å². The summed E-state index contributed by atoms with van der Waals surface area (Å²) in [7, 11) is 0. The van der Waals surface area contributed by atoms with Gasteiger partial charge >= 0.3 is 0 Å². The van der Waals surface area contributed by atoms with Gasteiger partial charge in [-0.2, -0.15) is 5.10 Å². The second-order valence-electron chi connectivity index (χ2n) is 5.40. The van der Waals surface area contributed by atoms with Crippen molar-refractivity contribution in [1.82, 2.24) is 20.1 Å². The minimum absolute atomic E-state index is 0.290. The van der Waals surface area contributed by atoms with Crippen LogP contribution >= 0.6 is 15.9 Å². The van der Waals surface area contributed by atoms with Crippen LogP contribution in [0.2, 0.25) is 0 Å². The van der Waals surface area contributed by atoms with Gasteiger partial charge in [0.2, 0.25) is 0 Å². The molecule has 1 saturated heterocycles. The van der Waals surface area contributed by atoms with E-state index < -0.39 is 0 Å². The van der Waals surface area contributed by atoms with Crippen LogP contribution in [0.5, 0.6) is 5.75 Å². The maximum atomic E-state index is 5.83. The van der Waals surface area contributed by atoms with E-state index in [1.54, 1.807) is 12.4 Å². The first-order valence-corrected chi connectivity index (χ1v) is 8.22. The second kappa shape index (κ2) is 6.14. The Balaban J connectivity index is 1.58. The minimum Gasteiger partial charge on any atom is -0.488 e. The highest BCUT2D eigenvalue weighted by Crippen LogP contribution is 2.28. The molecule has 0 aliphatic carbocycles. The molecule has 0 spiro atoms. The van der Waals surface area contributed by atoms with Gasteiger partial charge in [0.25, 0.3) is 0 Å². The molecule has 2 aromatic heterocycles. The highest BCUT2D eigenvalue weighted by Gasteiger charge is 2.18. The first kappa shape index (κ1) is 14.4. The van der Waals surface area contributed by atoms with E-state index in [1.165, 1.54) is 0 Å². The lowest BCUT2D eigenvalue weighted by Gasteiger charge is -2.27. The predicted octanol–water partition coefficient (Wildman–Crippen LogP) is 3.05. The third-order valence-corrected chi connectivity index (χ3v) is 4.35. The van der Waals surface area contributed by atoms with Gasteiger partial charge in [0.15, 0.2) is 0 Å². The summed E-state index contributed by atoms with van der Waals surface area (Å²) < 4.78 is 8.64. The van der Waals surface area contributed by atoms with E-state index >= 15 is 0 Å². The van der Waals surface area contributed by atoms with Gasteiger partial charge in [0, 0.05) is 37.2 Å². The molecule has 0 bridgehead atoms. The number of nitrogens with one attached hydrogen (secondary N) is 1. The fourth-order valence-corrected chi connectivity index (χ4v) is 2.91. The van der Waals surface area contributed by atoms with Crippen molar-refractivity contribution in [3.63, 3.8) is 0 Å². The van der Waals surface area contributed by atoms with Gasteiger partial charge in [-0.15, -0.1) is 0 Å². The van der Waals surface area contributed by atoms with Crippen molar-refractivity contribution in [1.29, 1.82) is 0 Å². The Morgan fingerprint density at radius 2 is 1.83 bits per heavy atom. The summed E-state index contributed by atoms with van der Waals surface area (Å²) in [6, 6.07) is 11.9. The Kier molecular flexibility index (Phi) is 3.85. The molecule has 5 nitrogen and oxygen atoms in total. The topological polar surface area (TPSA) is 52.0 Å². The molecule has 0 atom stereocenters. The Labute approximate surface area is 142 Å². The van der Waals surface area contributed by atoms with E-state index in [0.29, 0.717) is 0 Å². The van der Waals surface area contributed by atoms with Crippen molar-refractivity contribution in [2.75, 3.05) is 13.1 Å². The Morgan fingerprint density at radius 1 is 1.09 bits per heavy atom. The van der Waals surface area contributed by atoms with Crippen LogP contribution in [-0.2, 0) is 0 Å². The number of halogens is 1. The highest BCUT2D eigenvalue weighted by atomic mass is 79.9. The highest BCUT2D eigenvalue weighted by molar-refractivity contribution is 9.10. The van der Waals surface area contributed by atoms with E-state index in [4.69, 9.17) is 4.74 Å². The number of ether oxygens (including phenoxy) is 1. The Morgan fingerprint density at radius 3 is 2.48 bits per heavy atom. The average Bonchev–Trinajstić information content (AvgIpc) is 2.94. The summed E-state index contributed by atoms with van der Waals surface area (Å²) in [5.74, 6) is 0.890. The molecule has 3 heterocycles. The largest absolute Gasteiger partial charge is 0.488 e. The number of hydrogen-bond acceptors (Lipinski definition) is 4. The molecule has 0 amide bonds. The van der Waals surface area contributed by atoms with E-state index in [1.807, 2.05) is 47.3 Å². The maximum Gasteiger partial charge on any atom is 0.123 e. The van der Waals surface area contributed by atoms with Crippen LogP contribution in [0, 0.1) is 0 Å². The molecule has 1 aliphatic rings. The fourth-order valence-electron chi connectivity index (χ4n) is 2.41. The Hall–Kier alpha value is -2.18. The third-order valence-electron chi connectivity index (χ3n) is 3.77. The quantitative estimate of drug-likeness (QED) is 0.766. The molecule has 1 fully saturated rings. The van der Waals surface area contributed by atoms with Crippen molar-refractivity contribution >= 4 is 15.9 Å². The molecule has 1 aliphatic heterocycles. The molecule has 0 unspecified atom stereocenters. The monoisotopic (exact) mass is 370 g/mol. The van der Waals surface area contributed by atoms with Crippen LogP contribution in [0.3, 0.4) is 0 Å². The van der Waals surface area contributed by atoms with Crippen molar-refractivity contribution in [2.45, 2.75) is 6.10 Å². The van der Waals surface area contributed by atoms with Gasteiger partial charge < -0.3 is 10.1 Å². The number of hydrogen-bond donors (Lipinski definition) is 1. The lowest BCUT2D eigenvalue weighted by molar-refractivity contribution is 0.142. The van der Waals surface area contributed by atoms with Gasteiger partial charge in [0.05, 0.1) is 10.2 Å². The lowest BCUT2D eigenvalue weighted by Crippen LogP contribution is -2.50. The van der Waals surface area contributed by atoms with Crippen LogP contribution in [0.15, 0.2) is 59.5 Å². The zero-order valence-corrected chi connectivity index (χ0v) is 13.9. The molecule has 1 N–H and O–H groups in total. The SMILES string of the molecule is Brc1cn(-c2ccc(OC3CNC3)cc2)nc1-c1ccncc1. The summed E-state index contributed by atoms with van der Waals surface area (Å²) in [5.41, 5.74) is 2.92. The molecule has 1 aromatic carbocycles. The smallest absolute Gasteiger partial charge is 0.123 e. The number of nitrogens with zero attached hydrogens (tertiary/aromatic N) is 3. The van der Waals surface area contributed by atoms with Gasteiger partial charge in [-0.25, -0.2) is 4.68 Å². The maximum absolute atomic E-state index is 5.83. The first-order valence-electron chi connectivity index (χ1n) is 7.43. The van der Waals surface area contributed by atoms with Gasteiger partial charge in [-0.05, 0) is 52.3 Å². The number of aromatic nitrogens is 3. The molecule has 4 rings (SSSR count). The summed E-state index contributed by atoms with van der Waals surface area (Å²) in [6.45, 7) is 1.84. The number of pyridine rings is 1. The number of rotatable bonds is 4. The molecule has 116 valence electrons. The fraction of sp³-hybridized carbons (Fsp3) is 0.176. The van der Waals surface area contributed by atoms with E-state index in [2.05, 4.69) is 31.3 Å². The van der Waals surface area contributed by atoms with Crippen LogP contribution in [0.1, 0.15) is 0 Å². The van der Waals surface area contributed by atoms with Crippen molar-refractivity contribution in [2.24, 2.45) is 0 Å². The van der Waals surface area contributed by atoms with Gasteiger partial charge in [-0.3, -0.25) is 4.98 Å². The van der Waals surface area contributed by atoms with Crippen molar-refractivity contribution < 1.29 is 4.74 Å². The van der Waals surface area contributed by atoms with Crippen molar-refractivity contribution in [3.05, 3.63) is 59.5 Å². The molecular formula is C17H15BrN4O. The normalized spacial score (nSPS) is 14.5. The Bertz CT molecular complexity index is 797. The van der Waals surface area contributed by atoms with Crippen molar-refractivity contribution in [3.8, 4) is 22.7 Å². The van der Waals surface area contributed by atoms with E-state index in [9.17, 15) is 0 Å². The lowest BCUT2D eigenvalue weighted by atomic mass is 10.2.